The second-order valence-corrected chi connectivity index (χ2v) is 9.61. The third-order valence-corrected chi connectivity index (χ3v) is 8.13. The van der Waals surface area contributed by atoms with Gasteiger partial charge in [-0.3, -0.25) is 9.69 Å². The zero-order valence-corrected chi connectivity index (χ0v) is 19.4. The molecule has 172 valence electrons. The molecule has 1 aromatic carbocycles. The molecule has 2 unspecified atom stereocenters. The number of rotatable bonds is 6. The molecular formula is C22H22N3O6S2+. The Morgan fingerprint density at radius 3 is 2.76 bits per heavy atom. The van der Waals surface area contributed by atoms with E-state index in [1.165, 1.54) is 29.2 Å². The average Bonchev–Trinajstić information content (AvgIpc) is 3.24. The van der Waals surface area contributed by atoms with Crippen LogP contribution in [-0.2, 0) is 19.1 Å². The van der Waals surface area contributed by atoms with E-state index in [9.17, 15) is 24.3 Å². The number of benzene rings is 1. The number of imide groups is 1. The Hall–Kier alpha value is -2.99. The lowest BCUT2D eigenvalue weighted by Gasteiger charge is -2.52. The maximum atomic E-state index is 13.6. The van der Waals surface area contributed by atoms with Crippen LogP contribution in [0.3, 0.4) is 0 Å². The molecule has 3 N–H and O–H groups in total. The lowest BCUT2D eigenvalue weighted by molar-refractivity contribution is -0.157. The van der Waals surface area contributed by atoms with Gasteiger partial charge in [-0.25, -0.2) is 9.59 Å². The number of carboxylic acid groups (broad SMARTS) is 1. The maximum absolute atomic E-state index is 13.6. The predicted octanol–water partition coefficient (Wildman–Crippen LogP) is 2.66. The van der Waals surface area contributed by atoms with Crippen molar-refractivity contribution in [3.63, 3.8) is 0 Å². The van der Waals surface area contributed by atoms with Gasteiger partial charge in [0.05, 0.1) is 10.8 Å². The fraction of sp³-hybridized carbons (Fsp3) is 0.273. The summed E-state index contributed by atoms with van der Waals surface area (Å²) in [5.41, 5.74) is 6.49. The number of thiophene rings is 1. The van der Waals surface area contributed by atoms with Gasteiger partial charge in [0.2, 0.25) is 6.04 Å². The standard InChI is InChI=1S/C22H21N3O6S2/c1-3-8-31-22(30)25(16(26)9-23,14-11-32-15-7-5-4-6-13(14)15)18-19(27)24-17(21(28)29)12(2)10-33-20(18)24/h3-7,11,18,20H,1,8-10,23H2,2H3/p+1/t18?,20-,25?/m0/s1. The van der Waals surface area contributed by atoms with Crippen molar-refractivity contribution in [3.05, 3.63) is 53.6 Å². The quantitative estimate of drug-likeness (QED) is 0.361. The van der Waals surface area contributed by atoms with Crippen molar-refractivity contribution in [1.29, 1.82) is 0 Å². The van der Waals surface area contributed by atoms with Crippen LogP contribution in [0.2, 0.25) is 0 Å². The number of quaternary nitrogens is 1. The van der Waals surface area contributed by atoms with Crippen molar-refractivity contribution in [2.75, 3.05) is 18.9 Å². The summed E-state index contributed by atoms with van der Waals surface area (Å²) in [4.78, 5) is 53.7. The molecule has 0 bridgehead atoms. The third-order valence-electron chi connectivity index (χ3n) is 5.77. The molecule has 1 aromatic heterocycles. The Bertz CT molecular complexity index is 1220. The summed E-state index contributed by atoms with van der Waals surface area (Å²) in [6.07, 6.45) is 0.417. The summed E-state index contributed by atoms with van der Waals surface area (Å²) in [5.74, 6) is -2.25. The number of thioether (sulfide) groups is 1. The molecule has 3 heterocycles. The normalized spacial score (nSPS) is 21.8. The molecule has 2 aromatic rings. The molecule has 0 saturated carbocycles. The molecule has 1 saturated heterocycles. The van der Waals surface area contributed by atoms with Crippen molar-refractivity contribution < 1.29 is 29.0 Å². The monoisotopic (exact) mass is 488 g/mol. The van der Waals surface area contributed by atoms with E-state index >= 15 is 0 Å². The van der Waals surface area contributed by atoms with Crippen LogP contribution in [0.15, 0.2) is 53.6 Å². The molecule has 2 aliphatic heterocycles. The van der Waals surface area contributed by atoms with Crippen molar-refractivity contribution >= 4 is 62.7 Å². The van der Waals surface area contributed by atoms with Crippen LogP contribution in [-0.4, -0.2) is 64.2 Å². The number of hydrogen-bond donors (Lipinski definition) is 2. The van der Waals surface area contributed by atoms with Gasteiger partial charge in [-0.15, -0.1) is 27.6 Å². The molecule has 3 amide bonds. The minimum absolute atomic E-state index is 0.118. The minimum atomic E-state index is -1.23. The zero-order valence-electron chi connectivity index (χ0n) is 17.7. The predicted molar refractivity (Wildman–Crippen MR) is 126 cm³/mol. The number of nitrogens with two attached hydrogens (primary N) is 1. The van der Waals surface area contributed by atoms with Gasteiger partial charge in [-0.1, -0.05) is 24.8 Å². The van der Waals surface area contributed by atoms with Crippen molar-refractivity contribution in [2.24, 2.45) is 5.73 Å². The molecule has 0 aliphatic carbocycles. The summed E-state index contributed by atoms with van der Waals surface area (Å²) in [7, 11) is 0. The van der Waals surface area contributed by atoms with Crippen LogP contribution in [0.1, 0.15) is 6.92 Å². The number of aliphatic carboxylic acids is 1. The summed E-state index contributed by atoms with van der Waals surface area (Å²) < 4.78 is 5.12. The SMILES string of the molecule is C=CCOC(=O)[N+](C(=O)CN)(c1csc2ccccc12)C1C(=O)N2C(C(=O)O)=C(C)CS[C@@H]12. The van der Waals surface area contributed by atoms with Crippen molar-refractivity contribution in [3.8, 4) is 0 Å². The highest BCUT2D eigenvalue weighted by Crippen LogP contribution is 2.49. The van der Waals surface area contributed by atoms with Crippen molar-refractivity contribution in [1.82, 2.24) is 9.38 Å². The first-order valence-corrected chi connectivity index (χ1v) is 12.0. The number of carbonyl (C=O) groups excluding carboxylic acids is 3. The third kappa shape index (κ3) is 3.31. The lowest BCUT2D eigenvalue weighted by atomic mass is 9.97. The molecule has 0 spiro atoms. The molecule has 0 radical (unpaired) electrons. The van der Waals surface area contributed by atoms with Gasteiger partial charge in [0.1, 0.15) is 24.2 Å². The minimum Gasteiger partial charge on any atom is -0.477 e. The highest BCUT2D eigenvalue weighted by molar-refractivity contribution is 8.00. The molecule has 33 heavy (non-hydrogen) atoms. The van der Waals surface area contributed by atoms with E-state index in [4.69, 9.17) is 10.5 Å². The van der Waals surface area contributed by atoms with E-state index < -0.39 is 46.3 Å². The van der Waals surface area contributed by atoms with E-state index in [0.29, 0.717) is 22.4 Å². The fourth-order valence-electron chi connectivity index (χ4n) is 4.34. The molecule has 9 nitrogen and oxygen atoms in total. The molecule has 11 heteroatoms. The number of amides is 3. The first-order chi connectivity index (χ1) is 15.8. The molecule has 2 aliphatic rings. The van der Waals surface area contributed by atoms with Crippen LogP contribution in [0, 0.1) is 0 Å². The summed E-state index contributed by atoms with van der Waals surface area (Å²) in [6, 6.07) is 6.00. The van der Waals surface area contributed by atoms with E-state index in [-0.39, 0.29) is 12.3 Å². The van der Waals surface area contributed by atoms with Gasteiger partial charge in [0.25, 0.3) is 5.91 Å². The summed E-state index contributed by atoms with van der Waals surface area (Å²) in [5, 5.41) is 11.2. The highest BCUT2D eigenvalue weighted by Gasteiger charge is 2.70. The Labute approximate surface area is 197 Å². The van der Waals surface area contributed by atoms with E-state index in [0.717, 1.165) is 9.60 Å². The molecule has 4 rings (SSSR count). The molecular weight excluding hydrogens is 466 g/mol. The van der Waals surface area contributed by atoms with Gasteiger partial charge >= 0.3 is 18.0 Å². The highest BCUT2D eigenvalue weighted by atomic mass is 32.2. The Kier molecular flexibility index (Phi) is 6.14. The van der Waals surface area contributed by atoms with Gasteiger partial charge < -0.3 is 15.6 Å². The zero-order chi connectivity index (χ0) is 23.9. The Morgan fingerprint density at radius 1 is 1.36 bits per heavy atom. The number of fused-ring (bicyclic) bond motifs is 2. The topological polar surface area (TPSA) is 127 Å². The number of nitrogens with zero attached hydrogens (tertiary/aromatic N) is 2. The fourth-order valence-corrected chi connectivity index (χ4v) is 6.73. The number of ether oxygens (including phenoxy) is 1. The van der Waals surface area contributed by atoms with Gasteiger partial charge in [0.15, 0.2) is 5.69 Å². The smallest absolute Gasteiger partial charge is 0.477 e. The largest absolute Gasteiger partial charge is 0.530 e. The molecule has 1 fully saturated rings. The van der Waals surface area contributed by atoms with Crippen LogP contribution in [0.4, 0.5) is 10.5 Å². The first-order valence-electron chi connectivity index (χ1n) is 10.1. The second kappa shape index (κ2) is 8.75. The van der Waals surface area contributed by atoms with Crippen LogP contribution >= 0.6 is 23.1 Å². The van der Waals surface area contributed by atoms with E-state index in [1.807, 2.05) is 12.1 Å². The number of β-lactam (4-membered cyclic amide) rings is 1. The van der Waals surface area contributed by atoms with Gasteiger partial charge in [-0.2, -0.15) is 4.79 Å². The Morgan fingerprint density at radius 2 is 2.09 bits per heavy atom. The van der Waals surface area contributed by atoms with Crippen molar-refractivity contribution in [2.45, 2.75) is 18.3 Å². The van der Waals surface area contributed by atoms with E-state index in [2.05, 4.69) is 6.58 Å². The summed E-state index contributed by atoms with van der Waals surface area (Å²) in [6.45, 7) is 4.51. The first kappa shape index (κ1) is 23.2. The maximum Gasteiger partial charge on any atom is 0.530 e. The Balaban J connectivity index is 1.95. The van der Waals surface area contributed by atoms with Crippen LogP contribution in [0.25, 0.3) is 10.1 Å². The van der Waals surface area contributed by atoms with Crippen LogP contribution < -0.4 is 10.2 Å². The number of hydrogen-bond acceptors (Lipinski definition) is 8. The van der Waals surface area contributed by atoms with E-state index in [1.54, 1.807) is 24.4 Å². The number of carboxylic acids is 1. The lowest BCUT2D eigenvalue weighted by Crippen LogP contribution is -2.81. The summed E-state index contributed by atoms with van der Waals surface area (Å²) >= 11 is 2.63. The van der Waals surface area contributed by atoms with Gasteiger partial charge in [-0.05, 0) is 24.6 Å². The number of carbonyl (C=O) groups is 4. The second-order valence-electron chi connectivity index (χ2n) is 7.59. The van der Waals surface area contributed by atoms with Crippen LogP contribution in [0.5, 0.6) is 0 Å². The molecule has 3 atom stereocenters. The average molecular weight is 489 g/mol. The van der Waals surface area contributed by atoms with Gasteiger partial charge in [0, 0.05) is 10.5 Å².